The zero-order valence-corrected chi connectivity index (χ0v) is 7.12. The fraction of sp³-hybridized carbons (Fsp3) is 0.273. The summed E-state index contributed by atoms with van der Waals surface area (Å²) in [4.78, 5) is 0. The molecule has 0 heterocycles. The van der Waals surface area contributed by atoms with Crippen LogP contribution in [0, 0.1) is 12.3 Å². The summed E-state index contributed by atoms with van der Waals surface area (Å²) in [6.07, 6.45) is 6.53. The van der Waals surface area contributed by atoms with Gasteiger partial charge in [0.1, 0.15) is 5.75 Å². The Balaban J connectivity index is 2.57. The van der Waals surface area contributed by atoms with E-state index in [0.29, 0.717) is 6.42 Å². The van der Waals surface area contributed by atoms with E-state index in [1.807, 2.05) is 0 Å². The maximum Gasteiger partial charge on any atom is 0.151 e. The molecule has 1 aromatic rings. The van der Waals surface area contributed by atoms with Gasteiger partial charge in [0.05, 0.1) is 0 Å². The summed E-state index contributed by atoms with van der Waals surface area (Å²) in [6.45, 7) is 0. The van der Waals surface area contributed by atoms with Crippen molar-refractivity contribution in [3.05, 3.63) is 29.3 Å². The van der Waals surface area contributed by atoms with E-state index in [1.165, 1.54) is 0 Å². The van der Waals surface area contributed by atoms with Crippen LogP contribution in [-0.4, -0.2) is 10.2 Å². The molecule has 1 unspecified atom stereocenters. The molecular weight excluding hydrogens is 164 g/mol. The number of hydrogen-bond acceptors (Lipinski definition) is 2. The fourth-order valence-electron chi connectivity index (χ4n) is 1.79. The Hall–Kier alpha value is -1.46. The first-order valence-corrected chi connectivity index (χ1v) is 4.18. The van der Waals surface area contributed by atoms with Gasteiger partial charge in [-0.1, -0.05) is 12.0 Å². The monoisotopic (exact) mass is 174 g/mol. The Bertz CT molecular complexity index is 390. The third kappa shape index (κ3) is 1.09. The van der Waals surface area contributed by atoms with Crippen LogP contribution in [0.3, 0.4) is 0 Å². The molecule has 0 aliphatic heterocycles. The van der Waals surface area contributed by atoms with Crippen molar-refractivity contribution >= 4 is 0 Å². The van der Waals surface area contributed by atoms with E-state index >= 15 is 0 Å². The van der Waals surface area contributed by atoms with Crippen LogP contribution in [0.5, 0.6) is 5.75 Å². The van der Waals surface area contributed by atoms with E-state index < -0.39 is 5.60 Å². The molecule has 2 rings (SSSR count). The van der Waals surface area contributed by atoms with Crippen molar-refractivity contribution in [3.8, 4) is 18.1 Å². The minimum Gasteiger partial charge on any atom is -0.508 e. The minimum atomic E-state index is -1.12. The van der Waals surface area contributed by atoms with Crippen LogP contribution < -0.4 is 0 Å². The van der Waals surface area contributed by atoms with Gasteiger partial charge in [-0.25, -0.2) is 0 Å². The van der Waals surface area contributed by atoms with Gasteiger partial charge in [-0.2, -0.15) is 0 Å². The average molecular weight is 174 g/mol. The molecule has 2 nitrogen and oxygen atoms in total. The lowest BCUT2D eigenvalue weighted by Gasteiger charge is -2.15. The summed E-state index contributed by atoms with van der Waals surface area (Å²) in [5, 5.41) is 19.1. The van der Waals surface area contributed by atoms with Crippen LogP contribution in [0.25, 0.3) is 0 Å². The number of terminal acetylenes is 1. The fourth-order valence-corrected chi connectivity index (χ4v) is 1.79. The first-order chi connectivity index (χ1) is 6.15. The summed E-state index contributed by atoms with van der Waals surface area (Å²) >= 11 is 0. The number of rotatable bonds is 0. The van der Waals surface area contributed by atoms with Gasteiger partial charge in [0.15, 0.2) is 5.60 Å². The van der Waals surface area contributed by atoms with E-state index in [9.17, 15) is 10.2 Å². The minimum absolute atomic E-state index is 0.222. The number of aryl methyl sites for hydroxylation is 1. The normalized spacial score (nSPS) is 25.2. The van der Waals surface area contributed by atoms with Crippen molar-refractivity contribution in [1.82, 2.24) is 0 Å². The largest absolute Gasteiger partial charge is 0.508 e. The summed E-state index contributed by atoms with van der Waals surface area (Å²) in [5.41, 5.74) is 0.580. The van der Waals surface area contributed by atoms with E-state index in [-0.39, 0.29) is 5.75 Å². The molecule has 66 valence electrons. The molecule has 0 amide bonds. The molecule has 2 heteroatoms. The van der Waals surface area contributed by atoms with Crippen molar-refractivity contribution in [3.63, 3.8) is 0 Å². The van der Waals surface area contributed by atoms with Gasteiger partial charge in [-0.05, 0) is 36.1 Å². The second-order valence-corrected chi connectivity index (χ2v) is 3.35. The molecular formula is C11H10O2. The molecule has 0 spiro atoms. The average Bonchev–Trinajstić information content (AvgIpc) is 2.45. The molecule has 0 radical (unpaired) electrons. The highest BCUT2D eigenvalue weighted by Gasteiger charge is 2.34. The molecule has 0 aromatic heterocycles. The highest BCUT2D eigenvalue weighted by Crippen LogP contribution is 2.37. The van der Waals surface area contributed by atoms with Gasteiger partial charge in [0.25, 0.3) is 0 Å². The van der Waals surface area contributed by atoms with Gasteiger partial charge < -0.3 is 10.2 Å². The van der Waals surface area contributed by atoms with Gasteiger partial charge in [0.2, 0.25) is 0 Å². The summed E-state index contributed by atoms with van der Waals surface area (Å²) in [5.74, 6) is 2.61. The second-order valence-electron chi connectivity index (χ2n) is 3.35. The van der Waals surface area contributed by atoms with Crippen LogP contribution >= 0.6 is 0 Å². The molecule has 1 aromatic carbocycles. The summed E-state index contributed by atoms with van der Waals surface area (Å²) < 4.78 is 0. The molecule has 0 saturated carbocycles. The van der Waals surface area contributed by atoms with E-state index in [1.54, 1.807) is 18.2 Å². The molecule has 2 N–H and O–H groups in total. The van der Waals surface area contributed by atoms with Crippen LogP contribution in [0.4, 0.5) is 0 Å². The predicted octanol–water partition coefficient (Wildman–Crippen LogP) is 1.16. The van der Waals surface area contributed by atoms with Gasteiger partial charge in [-0.15, -0.1) is 6.42 Å². The lowest BCUT2D eigenvalue weighted by molar-refractivity contribution is 0.103. The van der Waals surface area contributed by atoms with Crippen molar-refractivity contribution < 1.29 is 10.2 Å². The van der Waals surface area contributed by atoms with Crippen LogP contribution in [0.2, 0.25) is 0 Å². The molecule has 13 heavy (non-hydrogen) atoms. The van der Waals surface area contributed by atoms with Gasteiger partial charge in [-0.3, -0.25) is 0 Å². The van der Waals surface area contributed by atoms with E-state index in [2.05, 4.69) is 5.92 Å². The Labute approximate surface area is 76.8 Å². The highest BCUT2D eigenvalue weighted by molar-refractivity contribution is 5.45. The molecule has 0 bridgehead atoms. The highest BCUT2D eigenvalue weighted by atomic mass is 16.3. The standard InChI is InChI=1S/C11H10O2/c1-2-11(13)6-5-8-7-9(12)3-4-10(8)11/h1,3-4,7,12-13H,5-6H2. The van der Waals surface area contributed by atoms with Crippen LogP contribution in [-0.2, 0) is 12.0 Å². The van der Waals surface area contributed by atoms with Crippen LogP contribution in [0.1, 0.15) is 17.5 Å². The topological polar surface area (TPSA) is 40.5 Å². The number of hydrogen-bond donors (Lipinski definition) is 2. The lowest BCUT2D eigenvalue weighted by atomic mass is 9.97. The van der Waals surface area contributed by atoms with Gasteiger partial charge >= 0.3 is 0 Å². The van der Waals surface area contributed by atoms with Crippen molar-refractivity contribution in [2.24, 2.45) is 0 Å². The van der Waals surface area contributed by atoms with Crippen molar-refractivity contribution in [2.75, 3.05) is 0 Å². The maximum atomic E-state index is 9.93. The van der Waals surface area contributed by atoms with Crippen molar-refractivity contribution in [1.29, 1.82) is 0 Å². The zero-order valence-electron chi connectivity index (χ0n) is 7.12. The first kappa shape index (κ1) is 8.15. The van der Waals surface area contributed by atoms with E-state index in [4.69, 9.17) is 6.42 Å². The number of aliphatic hydroxyl groups is 1. The predicted molar refractivity (Wildman–Crippen MR) is 49.2 cm³/mol. The lowest BCUT2D eigenvalue weighted by Crippen LogP contribution is -2.18. The zero-order chi connectivity index (χ0) is 9.47. The Morgan fingerprint density at radius 1 is 1.46 bits per heavy atom. The number of phenols is 1. The number of fused-ring (bicyclic) bond motifs is 1. The van der Waals surface area contributed by atoms with Crippen LogP contribution in [0.15, 0.2) is 18.2 Å². The van der Waals surface area contributed by atoms with Gasteiger partial charge in [0, 0.05) is 0 Å². The Kier molecular flexibility index (Phi) is 1.58. The summed E-state index contributed by atoms with van der Waals surface area (Å²) in [7, 11) is 0. The number of phenolic OH excluding ortho intramolecular Hbond substituents is 1. The Morgan fingerprint density at radius 3 is 2.92 bits per heavy atom. The molecule has 1 aliphatic rings. The number of aromatic hydroxyl groups is 1. The quantitative estimate of drug-likeness (QED) is 0.579. The van der Waals surface area contributed by atoms with Crippen molar-refractivity contribution in [2.45, 2.75) is 18.4 Å². The molecule has 1 atom stereocenters. The molecule has 0 saturated heterocycles. The smallest absolute Gasteiger partial charge is 0.151 e. The molecule has 0 fully saturated rings. The van der Waals surface area contributed by atoms with E-state index in [0.717, 1.165) is 17.5 Å². The third-order valence-electron chi connectivity index (χ3n) is 2.53. The third-order valence-corrected chi connectivity index (χ3v) is 2.53. The SMILES string of the molecule is C#CC1(O)CCc2cc(O)ccc21. The summed E-state index contributed by atoms with van der Waals surface area (Å²) in [6, 6.07) is 4.90. The molecule has 1 aliphatic carbocycles. The second kappa shape index (κ2) is 2.51. The first-order valence-electron chi connectivity index (χ1n) is 4.18. The Morgan fingerprint density at radius 2 is 2.23 bits per heavy atom. The number of benzene rings is 1. The maximum absolute atomic E-state index is 9.93.